The van der Waals surface area contributed by atoms with Gasteiger partial charge in [-0.25, -0.2) is 17.5 Å². The molecule has 102 valence electrons. The Morgan fingerprint density at radius 2 is 2.17 bits per heavy atom. The summed E-state index contributed by atoms with van der Waals surface area (Å²) in [6.07, 6.45) is 2.29. The summed E-state index contributed by atoms with van der Waals surface area (Å²) >= 11 is 0. The quantitative estimate of drug-likeness (QED) is 0.795. The lowest BCUT2D eigenvalue weighted by Crippen LogP contribution is -2.37. The summed E-state index contributed by atoms with van der Waals surface area (Å²) in [5.41, 5.74) is 0. The Morgan fingerprint density at radius 3 is 2.72 bits per heavy atom. The molecule has 0 spiro atoms. The van der Waals surface area contributed by atoms with Gasteiger partial charge in [-0.1, -0.05) is 25.8 Å². The fourth-order valence-corrected chi connectivity index (χ4v) is 2.85. The van der Waals surface area contributed by atoms with E-state index in [0.717, 1.165) is 18.9 Å². The molecule has 1 atom stereocenters. The van der Waals surface area contributed by atoms with Gasteiger partial charge in [-0.2, -0.15) is 0 Å². The summed E-state index contributed by atoms with van der Waals surface area (Å²) in [5, 5.41) is 9.12. The number of aliphatic hydroxyl groups is 1. The minimum atomic E-state index is -3.77. The number of aliphatic hydroxyl groups excluding tert-OH is 1. The molecular weight excluding hydrogens is 257 g/mol. The van der Waals surface area contributed by atoms with E-state index in [-0.39, 0.29) is 11.5 Å². The molecule has 0 bridgehead atoms. The zero-order valence-electron chi connectivity index (χ0n) is 10.3. The highest BCUT2D eigenvalue weighted by Crippen LogP contribution is 2.12. The Bertz CT molecular complexity index is 476. The van der Waals surface area contributed by atoms with E-state index < -0.39 is 21.9 Å². The summed E-state index contributed by atoms with van der Waals surface area (Å²) in [5.74, 6) is -0.605. The second-order valence-corrected chi connectivity index (χ2v) is 5.81. The van der Waals surface area contributed by atoms with Crippen molar-refractivity contribution in [3.05, 3.63) is 30.1 Å². The molecule has 0 aliphatic heterocycles. The molecule has 4 nitrogen and oxygen atoms in total. The predicted molar refractivity (Wildman–Crippen MR) is 67.1 cm³/mol. The van der Waals surface area contributed by atoms with Gasteiger partial charge in [0.15, 0.2) is 0 Å². The van der Waals surface area contributed by atoms with Crippen molar-refractivity contribution < 1.29 is 17.9 Å². The standard InChI is InChI=1S/C12H18FNO3S/c1-2-3-6-11(9-15)14-18(16,17)12-7-4-5-10(13)8-12/h4-5,7-8,11,14-15H,2-3,6,9H2,1H3. The smallest absolute Gasteiger partial charge is 0.240 e. The molecule has 0 heterocycles. The van der Waals surface area contributed by atoms with Crippen molar-refractivity contribution in [3.63, 3.8) is 0 Å². The third kappa shape index (κ3) is 4.36. The van der Waals surface area contributed by atoms with Gasteiger partial charge in [0.05, 0.1) is 11.5 Å². The summed E-state index contributed by atoms with van der Waals surface area (Å²) in [7, 11) is -3.77. The van der Waals surface area contributed by atoms with E-state index in [9.17, 15) is 12.8 Å². The fraction of sp³-hybridized carbons (Fsp3) is 0.500. The zero-order chi connectivity index (χ0) is 13.6. The van der Waals surface area contributed by atoms with Gasteiger partial charge in [0.1, 0.15) is 5.82 Å². The van der Waals surface area contributed by atoms with Crippen LogP contribution >= 0.6 is 0 Å². The SMILES string of the molecule is CCCCC(CO)NS(=O)(=O)c1cccc(F)c1. The lowest BCUT2D eigenvalue weighted by atomic mass is 10.1. The average molecular weight is 275 g/mol. The maximum absolute atomic E-state index is 13.0. The van der Waals surface area contributed by atoms with Crippen molar-refractivity contribution in [3.8, 4) is 0 Å². The van der Waals surface area contributed by atoms with E-state index in [1.807, 2.05) is 6.92 Å². The first-order valence-corrected chi connectivity index (χ1v) is 7.36. The highest BCUT2D eigenvalue weighted by atomic mass is 32.2. The largest absolute Gasteiger partial charge is 0.395 e. The molecule has 0 aromatic heterocycles. The Kier molecular flexibility index (Phi) is 5.71. The van der Waals surface area contributed by atoms with Crippen LogP contribution in [0, 0.1) is 5.82 Å². The van der Waals surface area contributed by atoms with Gasteiger partial charge < -0.3 is 5.11 Å². The van der Waals surface area contributed by atoms with E-state index in [0.29, 0.717) is 6.42 Å². The Balaban J connectivity index is 2.80. The summed E-state index contributed by atoms with van der Waals surface area (Å²) < 4.78 is 39.2. The number of sulfonamides is 1. The topological polar surface area (TPSA) is 66.4 Å². The van der Waals surface area contributed by atoms with Crippen molar-refractivity contribution >= 4 is 10.0 Å². The van der Waals surface area contributed by atoms with E-state index in [1.165, 1.54) is 18.2 Å². The van der Waals surface area contributed by atoms with Gasteiger partial charge in [-0.3, -0.25) is 0 Å². The second kappa shape index (κ2) is 6.82. The lowest BCUT2D eigenvalue weighted by molar-refractivity contribution is 0.248. The molecule has 1 rings (SSSR count). The molecule has 0 radical (unpaired) electrons. The summed E-state index contributed by atoms with van der Waals surface area (Å²) in [6, 6.07) is 4.26. The molecule has 6 heteroatoms. The van der Waals surface area contributed by atoms with Gasteiger partial charge in [0, 0.05) is 6.04 Å². The first-order chi connectivity index (χ1) is 8.49. The van der Waals surface area contributed by atoms with Crippen molar-refractivity contribution in [2.75, 3.05) is 6.61 Å². The van der Waals surface area contributed by atoms with E-state index in [1.54, 1.807) is 0 Å². The molecule has 0 saturated carbocycles. The van der Waals surface area contributed by atoms with Crippen molar-refractivity contribution in [2.24, 2.45) is 0 Å². The third-order valence-corrected chi connectivity index (χ3v) is 4.07. The van der Waals surface area contributed by atoms with Crippen LogP contribution in [0.2, 0.25) is 0 Å². The van der Waals surface area contributed by atoms with Gasteiger partial charge in [0.25, 0.3) is 0 Å². The van der Waals surface area contributed by atoms with Gasteiger partial charge in [0.2, 0.25) is 10.0 Å². The van der Waals surface area contributed by atoms with Gasteiger partial charge >= 0.3 is 0 Å². The predicted octanol–water partition coefficient (Wildman–Crippen LogP) is 1.66. The van der Waals surface area contributed by atoms with Crippen LogP contribution in [0.3, 0.4) is 0 Å². The third-order valence-electron chi connectivity index (χ3n) is 2.55. The zero-order valence-corrected chi connectivity index (χ0v) is 11.1. The number of nitrogens with one attached hydrogen (secondary N) is 1. The van der Waals surface area contributed by atoms with Crippen LogP contribution in [0.5, 0.6) is 0 Å². The number of unbranched alkanes of at least 4 members (excludes halogenated alkanes) is 1. The van der Waals surface area contributed by atoms with Crippen LogP contribution in [0.15, 0.2) is 29.2 Å². The summed E-state index contributed by atoms with van der Waals surface area (Å²) in [6.45, 7) is 1.71. The minimum Gasteiger partial charge on any atom is -0.395 e. The minimum absolute atomic E-state index is 0.127. The number of halogens is 1. The van der Waals surface area contributed by atoms with E-state index >= 15 is 0 Å². The van der Waals surface area contributed by atoms with Crippen LogP contribution in [-0.2, 0) is 10.0 Å². The van der Waals surface area contributed by atoms with Crippen LogP contribution in [0.4, 0.5) is 4.39 Å². The van der Waals surface area contributed by atoms with Crippen molar-refractivity contribution in [1.29, 1.82) is 0 Å². The molecule has 0 aliphatic carbocycles. The maximum Gasteiger partial charge on any atom is 0.240 e. The van der Waals surface area contributed by atoms with Crippen LogP contribution < -0.4 is 4.72 Å². The lowest BCUT2D eigenvalue weighted by Gasteiger charge is -2.16. The molecular formula is C12H18FNO3S. The number of rotatable bonds is 7. The van der Waals surface area contributed by atoms with Crippen molar-refractivity contribution in [1.82, 2.24) is 4.72 Å². The molecule has 1 unspecified atom stereocenters. The number of benzene rings is 1. The molecule has 0 fully saturated rings. The van der Waals surface area contributed by atoms with Gasteiger partial charge in [-0.05, 0) is 24.6 Å². The normalized spacial score (nSPS) is 13.5. The van der Waals surface area contributed by atoms with Crippen LogP contribution in [0.25, 0.3) is 0 Å². The maximum atomic E-state index is 13.0. The Morgan fingerprint density at radius 1 is 1.44 bits per heavy atom. The number of hydrogen-bond donors (Lipinski definition) is 2. The van der Waals surface area contributed by atoms with Crippen LogP contribution in [0.1, 0.15) is 26.2 Å². The molecule has 0 amide bonds. The molecule has 0 aliphatic rings. The molecule has 1 aromatic rings. The van der Waals surface area contributed by atoms with E-state index in [2.05, 4.69) is 4.72 Å². The molecule has 1 aromatic carbocycles. The average Bonchev–Trinajstić information content (AvgIpc) is 2.34. The fourth-order valence-electron chi connectivity index (χ4n) is 1.56. The van der Waals surface area contributed by atoms with Crippen LogP contribution in [-0.4, -0.2) is 26.2 Å². The highest BCUT2D eigenvalue weighted by Gasteiger charge is 2.19. The number of hydrogen-bond acceptors (Lipinski definition) is 3. The second-order valence-electron chi connectivity index (χ2n) is 4.10. The van der Waals surface area contributed by atoms with Crippen molar-refractivity contribution in [2.45, 2.75) is 37.1 Å². The van der Waals surface area contributed by atoms with Gasteiger partial charge in [-0.15, -0.1) is 0 Å². The first kappa shape index (κ1) is 15.1. The molecule has 2 N–H and O–H groups in total. The highest BCUT2D eigenvalue weighted by molar-refractivity contribution is 7.89. The summed E-state index contributed by atoms with van der Waals surface area (Å²) in [4.78, 5) is -0.127. The monoisotopic (exact) mass is 275 g/mol. The van der Waals surface area contributed by atoms with E-state index in [4.69, 9.17) is 5.11 Å². The Hall–Kier alpha value is -0.980. The Labute approximate surface area is 107 Å². The molecule has 0 saturated heterocycles. The molecule has 18 heavy (non-hydrogen) atoms. The first-order valence-electron chi connectivity index (χ1n) is 5.88.